The second-order valence-corrected chi connectivity index (χ2v) is 13.9. The van der Waals surface area contributed by atoms with Gasteiger partial charge in [-0.15, -0.1) is 0 Å². The lowest BCUT2D eigenvalue weighted by Crippen LogP contribution is -2.18. The van der Waals surface area contributed by atoms with Gasteiger partial charge in [-0.25, -0.2) is 4.98 Å². The van der Waals surface area contributed by atoms with Gasteiger partial charge in [-0.3, -0.25) is 9.55 Å². The van der Waals surface area contributed by atoms with E-state index in [9.17, 15) is 0 Å². The molecule has 55 heavy (non-hydrogen) atoms. The molecule has 5 heterocycles. The third-order valence-corrected chi connectivity index (χ3v) is 10.9. The fourth-order valence-electron chi connectivity index (χ4n) is 8.53. The molecule has 0 saturated heterocycles. The van der Waals surface area contributed by atoms with Gasteiger partial charge in [0.05, 0.1) is 62.4 Å². The van der Waals surface area contributed by atoms with Crippen LogP contribution in [0.2, 0.25) is 0 Å². The Labute approximate surface area is 316 Å². The number of aromatic nitrogens is 4. The maximum absolute atomic E-state index is 6.26. The fraction of sp³-hybridized carbons (Fsp3) is 0. The molecule has 0 aliphatic carbocycles. The van der Waals surface area contributed by atoms with Gasteiger partial charge in [-0.05, 0) is 91.0 Å². The maximum Gasteiger partial charge on any atom is 0.164 e. The molecule has 3 aromatic heterocycles. The lowest BCUT2D eigenvalue weighted by molar-refractivity contribution is 0.477. The number of nitrogens with zero attached hydrogens (tertiary/aromatic N) is 6. The first-order valence-electron chi connectivity index (χ1n) is 18.4. The molecule has 0 N–H and O–H groups in total. The summed E-state index contributed by atoms with van der Waals surface area (Å²) in [7, 11) is 0. The van der Waals surface area contributed by atoms with E-state index in [1.807, 2.05) is 48.7 Å². The number of fused-ring (bicyclic) bond motifs is 8. The van der Waals surface area contributed by atoms with Gasteiger partial charge in [0, 0.05) is 22.1 Å². The van der Waals surface area contributed by atoms with Crippen LogP contribution in [0.3, 0.4) is 0 Å². The molecule has 2 aliphatic rings. The minimum atomic E-state index is 0.772. The van der Waals surface area contributed by atoms with Crippen molar-refractivity contribution in [3.8, 4) is 34.4 Å². The molecule has 0 amide bonds. The molecule has 0 unspecified atom stereocenters. The monoisotopic (exact) mass is 706 g/mol. The second kappa shape index (κ2) is 11.4. The summed E-state index contributed by atoms with van der Waals surface area (Å²) in [4.78, 5) is 14.9. The van der Waals surface area contributed by atoms with Gasteiger partial charge in [0.1, 0.15) is 5.69 Å². The van der Waals surface area contributed by atoms with Gasteiger partial charge in [0.25, 0.3) is 0 Å². The summed E-state index contributed by atoms with van der Waals surface area (Å²) in [6.07, 6.45) is 1.93. The molecule has 0 bridgehead atoms. The zero-order chi connectivity index (χ0) is 36.0. The Balaban J connectivity index is 1.03. The highest BCUT2D eigenvalue weighted by Gasteiger charge is 2.30. The van der Waals surface area contributed by atoms with Gasteiger partial charge in [0.2, 0.25) is 0 Å². The van der Waals surface area contributed by atoms with Gasteiger partial charge in [0.15, 0.2) is 17.3 Å². The minimum Gasteiger partial charge on any atom is -0.453 e. The minimum absolute atomic E-state index is 0.772. The molecule has 10 aromatic rings. The summed E-state index contributed by atoms with van der Waals surface area (Å²) in [5, 5.41) is 2.49. The van der Waals surface area contributed by atoms with E-state index in [1.165, 1.54) is 21.8 Å². The molecule has 0 radical (unpaired) electrons. The first-order valence-corrected chi connectivity index (χ1v) is 18.4. The highest BCUT2D eigenvalue weighted by atomic mass is 16.5. The zero-order valence-corrected chi connectivity index (χ0v) is 29.4. The molecule has 0 atom stereocenters. The van der Waals surface area contributed by atoms with E-state index in [2.05, 4.69) is 152 Å². The Morgan fingerprint density at radius 2 is 1.05 bits per heavy atom. The Morgan fingerprint density at radius 3 is 1.84 bits per heavy atom. The number of anilines is 6. The van der Waals surface area contributed by atoms with Crippen LogP contribution in [0.25, 0.3) is 55.7 Å². The van der Waals surface area contributed by atoms with Crippen molar-refractivity contribution in [3.05, 3.63) is 182 Å². The van der Waals surface area contributed by atoms with Crippen molar-refractivity contribution in [1.29, 1.82) is 0 Å². The Kier molecular flexibility index (Phi) is 6.21. The molecular formula is C48H30N6O. The predicted molar refractivity (Wildman–Crippen MR) is 222 cm³/mol. The van der Waals surface area contributed by atoms with E-state index in [0.29, 0.717) is 0 Å². The average molecular weight is 707 g/mol. The molecule has 0 fully saturated rings. The van der Waals surface area contributed by atoms with Crippen molar-refractivity contribution in [2.75, 3.05) is 9.80 Å². The number of ether oxygens (including phenoxy) is 1. The van der Waals surface area contributed by atoms with Gasteiger partial charge in [-0.1, -0.05) is 84.9 Å². The normalized spacial score (nSPS) is 12.8. The Hall–Kier alpha value is -7.64. The third-order valence-electron chi connectivity index (χ3n) is 10.9. The first-order chi connectivity index (χ1) is 27.3. The molecular weight excluding hydrogens is 677 g/mol. The van der Waals surface area contributed by atoms with Crippen molar-refractivity contribution in [3.63, 3.8) is 0 Å². The topological polar surface area (TPSA) is 51.4 Å². The summed E-state index contributed by atoms with van der Waals surface area (Å²) in [5.41, 5.74) is 13.4. The number of benzene rings is 7. The Morgan fingerprint density at radius 1 is 0.418 bits per heavy atom. The first kappa shape index (κ1) is 29.9. The highest BCUT2D eigenvalue weighted by molar-refractivity contribution is 6.16. The quantitative estimate of drug-likeness (QED) is 0.182. The summed E-state index contributed by atoms with van der Waals surface area (Å²) in [5.74, 6) is 2.39. The molecule has 7 nitrogen and oxygen atoms in total. The number of hydrogen-bond donors (Lipinski definition) is 0. The lowest BCUT2D eigenvalue weighted by atomic mass is 10.1. The van der Waals surface area contributed by atoms with E-state index < -0.39 is 0 Å². The van der Waals surface area contributed by atoms with Crippen molar-refractivity contribution < 1.29 is 4.74 Å². The average Bonchev–Trinajstić information content (AvgIpc) is 3.80. The highest BCUT2D eigenvalue weighted by Crippen LogP contribution is 2.51. The van der Waals surface area contributed by atoms with Crippen LogP contribution in [0.1, 0.15) is 0 Å². The van der Waals surface area contributed by atoms with Crippen molar-refractivity contribution in [2.24, 2.45) is 0 Å². The van der Waals surface area contributed by atoms with Crippen molar-refractivity contribution >= 4 is 67.0 Å². The summed E-state index contributed by atoms with van der Waals surface area (Å²) in [6.45, 7) is 0. The second-order valence-electron chi connectivity index (χ2n) is 13.9. The van der Waals surface area contributed by atoms with Crippen LogP contribution < -0.4 is 14.5 Å². The predicted octanol–water partition coefficient (Wildman–Crippen LogP) is 12.5. The molecule has 7 aromatic carbocycles. The number of pyridine rings is 1. The molecule has 0 spiro atoms. The van der Waals surface area contributed by atoms with Crippen LogP contribution in [0, 0.1) is 0 Å². The van der Waals surface area contributed by atoms with Crippen molar-refractivity contribution in [2.45, 2.75) is 0 Å². The van der Waals surface area contributed by atoms with E-state index in [-0.39, 0.29) is 0 Å². The van der Waals surface area contributed by atoms with Gasteiger partial charge < -0.3 is 19.1 Å². The van der Waals surface area contributed by atoms with E-state index >= 15 is 0 Å². The number of hydrogen-bond acceptors (Lipinski definition) is 5. The van der Waals surface area contributed by atoms with Crippen LogP contribution in [-0.2, 0) is 0 Å². The van der Waals surface area contributed by atoms with Gasteiger partial charge >= 0.3 is 0 Å². The maximum atomic E-state index is 6.26. The van der Waals surface area contributed by atoms with Crippen molar-refractivity contribution in [1.82, 2.24) is 19.1 Å². The van der Waals surface area contributed by atoms with E-state index in [4.69, 9.17) is 14.7 Å². The summed E-state index contributed by atoms with van der Waals surface area (Å²) < 4.78 is 10.9. The molecule has 258 valence electrons. The van der Waals surface area contributed by atoms with Gasteiger partial charge in [-0.2, -0.15) is 0 Å². The summed E-state index contributed by atoms with van der Waals surface area (Å²) >= 11 is 0. The molecule has 12 rings (SSSR count). The smallest absolute Gasteiger partial charge is 0.164 e. The molecule has 2 aliphatic heterocycles. The molecule has 0 saturated carbocycles. The van der Waals surface area contributed by atoms with Crippen LogP contribution >= 0.6 is 0 Å². The summed E-state index contributed by atoms with van der Waals surface area (Å²) in [6, 6.07) is 61.4. The standard InChI is InChI=1S/C48H30N6O/c1-2-13-31(14-3-1)53-44-29-32(51-39-18-6-7-19-40(39)54-38-17-5-4-15-34(38)35-16-12-22-43(51)47(35)54)25-27-36(44)50-48(53)37-28-26-33(30-49-37)52-41-20-8-10-23-45(41)55-46-24-11-9-21-42(46)52/h1-30H. The SMILES string of the molecule is c1ccc(-n2c(-c3ccc(N4c5ccccc5Oc5ccccc54)cn3)nc3ccc(N4c5ccccc5-n5c6ccccc6c6cccc4c65)cc32)cc1. The largest absolute Gasteiger partial charge is 0.453 e. The van der Waals surface area contributed by atoms with Crippen LogP contribution in [0.15, 0.2) is 182 Å². The number of para-hydroxylation sites is 9. The number of rotatable bonds is 4. The zero-order valence-electron chi connectivity index (χ0n) is 29.4. The third kappa shape index (κ3) is 4.32. The molecule has 7 heteroatoms. The van der Waals surface area contributed by atoms with E-state index in [1.54, 1.807) is 0 Å². The van der Waals surface area contributed by atoms with Crippen LogP contribution in [0.5, 0.6) is 11.5 Å². The van der Waals surface area contributed by atoms with E-state index in [0.717, 1.165) is 79.5 Å². The van der Waals surface area contributed by atoms with Crippen LogP contribution in [0.4, 0.5) is 34.1 Å². The van der Waals surface area contributed by atoms with Crippen LogP contribution in [-0.4, -0.2) is 19.1 Å². The fourth-order valence-corrected chi connectivity index (χ4v) is 8.53. The lowest BCUT2D eigenvalue weighted by Gasteiger charge is -2.33. The Bertz CT molecular complexity index is 3100. The number of imidazole rings is 1.